The summed E-state index contributed by atoms with van der Waals surface area (Å²) in [4.78, 5) is 17.4. The van der Waals surface area contributed by atoms with Crippen molar-refractivity contribution in [2.24, 2.45) is 11.8 Å². The predicted molar refractivity (Wildman–Crippen MR) is 103 cm³/mol. The minimum absolute atomic E-state index is 0.00229. The Bertz CT molecular complexity index is 1010. The highest BCUT2D eigenvalue weighted by Crippen LogP contribution is 2.70. The summed E-state index contributed by atoms with van der Waals surface area (Å²) in [6, 6.07) is 3.51. The molecule has 1 aromatic carbocycles. The maximum atomic E-state index is 13.4. The van der Waals surface area contributed by atoms with Crippen LogP contribution in [-0.4, -0.2) is 65.7 Å². The van der Waals surface area contributed by atoms with Crippen molar-refractivity contribution in [3.05, 3.63) is 29.3 Å². The summed E-state index contributed by atoms with van der Waals surface area (Å²) < 4.78 is 11.5. The second-order valence-corrected chi connectivity index (χ2v) is 9.42. The molecule has 0 aromatic heterocycles. The Labute approximate surface area is 168 Å². The number of hydrogen-bond donors (Lipinski definition) is 2. The molecule has 7 nitrogen and oxygen atoms in total. The predicted octanol–water partition coefficient (Wildman–Crippen LogP) is 1.13. The summed E-state index contributed by atoms with van der Waals surface area (Å²) in [5, 5.41) is 23.3. The number of phenols is 1. The van der Waals surface area contributed by atoms with Gasteiger partial charge in [-0.3, -0.25) is 9.69 Å². The number of fused-ring (bicyclic) bond motifs is 2. The fraction of sp³-hybridized carbons (Fsp3) is 0.591. The number of nitrogens with zero attached hydrogens (tertiary/aromatic N) is 2. The number of aromatic hydroxyl groups is 1. The smallest absolute Gasteiger partial charge is 0.230 e. The second kappa shape index (κ2) is 4.96. The van der Waals surface area contributed by atoms with Gasteiger partial charge in [-0.1, -0.05) is 17.7 Å². The van der Waals surface area contributed by atoms with Crippen LogP contribution in [0.25, 0.3) is 0 Å². The Balaban J connectivity index is 1.57. The van der Waals surface area contributed by atoms with E-state index >= 15 is 0 Å². The number of methoxy groups -OCH3 is 1. The lowest BCUT2D eigenvalue weighted by Crippen LogP contribution is -2.74. The first-order valence-electron chi connectivity index (χ1n) is 10.5. The zero-order valence-electron chi connectivity index (χ0n) is 16.3. The Kier molecular flexibility index (Phi) is 2.86. The largest absolute Gasteiger partial charge is 0.503 e. The van der Waals surface area contributed by atoms with Crippen LogP contribution < -0.4 is 9.64 Å². The summed E-state index contributed by atoms with van der Waals surface area (Å²) >= 11 is 0. The van der Waals surface area contributed by atoms with Crippen molar-refractivity contribution >= 4 is 11.6 Å². The molecular formula is C22H24N2O5. The van der Waals surface area contributed by atoms with E-state index in [1.54, 1.807) is 11.0 Å². The molecule has 2 N–H and O–H groups in total. The van der Waals surface area contributed by atoms with Crippen molar-refractivity contribution in [1.82, 2.24) is 4.90 Å². The molecule has 1 aromatic rings. The summed E-state index contributed by atoms with van der Waals surface area (Å²) in [7, 11) is 1.52. The fourth-order valence-electron chi connectivity index (χ4n) is 7.78. The third-order valence-corrected chi connectivity index (χ3v) is 8.77. The molecule has 152 valence electrons. The van der Waals surface area contributed by atoms with E-state index in [-0.39, 0.29) is 35.6 Å². The monoisotopic (exact) mass is 396 g/mol. The molecule has 1 aliphatic carbocycles. The molecule has 6 unspecified atom stereocenters. The first-order chi connectivity index (χ1) is 14.0. The van der Waals surface area contributed by atoms with Gasteiger partial charge in [0.25, 0.3) is 0 Å². The van der Waals surface area contributed by atoms with E-state index in [0.29, 0.717) is 30.9 Å². The zero-order valence-corrected chi connectivity index (χ0v) is 16.3. The van der Waals surface area contributed by atoms with Crippen molar-refractivity contribution in [2.75, 3.05) is 31.7 Å². The van der Waals surface area contributed by atoms with Gasteiger partial charge in [-0.15, -0.1) is 0 Å². The number of aliphatic hydroxyl groups is 1. The number of amides is 1. The minimum atomic E-state index is -1.02. The fourth-order valence-corrected chi connectivity index (χ4v) is 7.78. The molecule has 6 aliphatic rings. The molecule has 1 spiro atoms. The topological polar surface area (TPSA) is 82.5 Å². The van der Waals surface area contributed by atoms with Gasteiger partial charge in [-0.25, -0.2) is 0 Å². The summed E-state index contributed by atoms with van der Waals surface area (Å²) in [5.74, 6) is 0.649. The van der Waals surface area contributed by atoms with Crippen LogP contribution in [0.1, 0.15) is 24.8 Å². The van der Waals surface area contributed by atoms with Crippen LogP contribution in [0.3, 0.4) is 0 Å². The van der Waals surface area contributed by atoms with Gasteiger partial charge in [0.2, 0.25) is 5.91 Å². The molecule has 4 fully saturated rings. The lowest BCUT2D eigenvalue weighted by atomic mass is 9.52. The third-order valence-electron chi connectivity index (χ3n) is 8.77. The van der Waals surface area contributed by atoms with E-state index in [1.807, 2.05) is 6.07 Å². The molecule has 0 radical (unpaired) electrons. The Morgan fingerprint density at radius 3 is 3.03 bits per heavy atom. The van der Waals surface area contributed by atoms with Crippen molar-refractivity contribution in [3.63, 3.8) is 0 Å². The number of anilines is 1. The minimum Gasteiger partial charge on any atom is -0.503 e. The maximum absolute atomic E-state index is 13.4. The normalized spacial score (nSPS) is 43.7. The Morgan fingerprint density at radius 1 is 1.34 bits per heavy atom. The quantitative estimate of drug-likeness (QED) is 0.693. The van der Waals surface area contributed by atoms with Gasteiger partial charge in [-0.2, -0.15) is 0 Å². The number of benzene rings is 1. The van der Waals surface area contributed by atoms with E-state index in [4.69, 9.17) is 9.47 Å². The van der Waals surface area contributed by atoms with Gasteiger partial charge < -0.3 is 24.6 Å². The zero-order chi connectivity index (χ0) is 19.7. The summed E-state index contributed by atoms with van der Waals surface area (Å²) in [6.07, 6.45) is 3.77. The molecule has 6 atom stereocenters. The lowest BCUT2D eigenvalue weighted by Gasteiger charge is -2.62. The molecule has 7 heteroatoms. The van der Waals surface area contributed by atoms with Crippen molar-refractivity contribution in [3.8, 4) is 11.5 Å². The standard InChI is InChI=1S/C22H24N2O5/c1-28-14-3-2-13-18(19(14)26)24-16(25)8-15-17-12-9-22(27)21(13,20(17)24)5-6-23(22)10-11(12)4-7-29-15/h2-4,12,15,17,20,26-27H,5-10H2,1H3. The molecule has 5 heterocycles. The van der Waals surface area contributed by atoms with Crippen LogP contribution >= 0.6 is 0 Å². The third kappa shape index (κ3) is 1.58. The highest BCUT2D eigenvalue weighted by molar-refractivity contribution is 6.01. The van der Waals surface area contributed by atoms with Gasteiger partial charge in [0.1, 0.15) is 5.72 Å². The maximum Gasteiger partial charge on any atom is 0.230 e. The van der Waals surface area contributed by atoms with E-state index in [9.17, 15) is 15.0 Å². The lowest BCUT2D eigenvalue weighted by molar-refractivity contribution is -0.197. The van der Waals surface area contributed by atoms with Crippen LogP contribution in [0, 0.1) is 11.8 Å². The number of ether oxygens (including phenoxy) is 2. The van der Waals surface area contributed by atoms with Gasteiger partial charge in [0, 0.05) is 19.0 Å². The average Bonchev–Trinajstić information content (AvgIpc) is 3.12. The van der Waals surface area contributed by atoms with Crippen molar-refractivity contribution in [2.45, 2.75) is 42.5 Å². The van der Waals surface area contributed by atoms with E-state index in [2.05, 4.69) is 11.0 Å². The molecule has 1 amide bonds. The molecule has 7 rings (SSSR count). The highest BCUT2D eigenvalue weighted by Gasteiger charge is 2.77. The number of carbonyl (C=O) groups is 1. The first-order valence-corrected chi connectivity index (χ1v) is 10.5. The molecule has 5 aliphatic heterocycles. The van der Waals surface area contributed by atoms with Crippen LogP contribution in [0.2, 0.25) is 0 Å². The second-order valence-electron chi connectivity index (χ2n) is 9.42. The van der Waals surface area contributed by atoms with Crippen molar-refractivity contribution < 1.29 is 24.5 Å². The van der Waals surface area contributed by atoms with Gasteiger partial charge >= 0.3 is 0 Å². The van der Waals surface area contributed by atoms with Gasteiger partial charge in [0.05, 0.1) is 43.4 Å². The Hall–Kier alpha value is -2.09. The Morgan fingerprint density at radius 2 is 2.21 bits per heavy atom. The number of carbonyl (C=O) groups excluding carboxylic acids is 1. The average molecular weight is 396 g/mol. The highest BCUT2D eigenvalue weighted by atomic mass is 16.5. The molecule has 3 saturated heterocycles. The van der Waals surface area contributed by atoms with Crippen molar-refractivity contribution in [1.29, 1.82) is 0 Å². The molecule has 1 saturated carbocycles. The summed E-state index contributed by atoms with van der Waals surface area (Å²) in [5.41, 5.74) is 1.13. The molecular weight excluding hydrogens is 372 g/mol. The molecule has 29 heavy (non-hydrogen) atoms. The number of hydrogen-bond acceptors (Lipinski definition) is 6. The van der Waals surface area contributed by atoms with Gasteiger partial charge in [0.15, 0.2) is 11.5 Å². The van der Waals surface area contributed by atoms with E-state index in [1.165, 1.54) is 12.7 Å². The van der Waals surface area contributed by atoms with Crippen LogP contribution in [-0.2, 0) is 14.9 Å². The van der Waals surface area contributed by atoms with Gasteiger partial charge in [-0.05, 0) is 30.4 Å². The van der Waals surface area contributed by atoms with Crippen LogP contribution in [0.5, 0.6) is 11.5 Å². The SMILES string of the molecule is COc1ccc2c(c1O)N1C(=O)CC3OCC=C4CN5CCC26C1C3C4CC56O. The number of rotatable bonds is 1. The first kappa shape index (κ1) is 16.7. The van der Waals surface area contributed by atoms with Crippen LogP contribution in [0.4, 0.5) is 5.69 Å². The number of piperidine rings is 2. The van der Waals surface area contributed by atoms with Crippen LogP contribution in [0.15, 0.2) is 23.8 Å². The van der Waals surface area contributed by atoms with E-state index < -0.39 is 11.1 Å². The van der Waals surface area contributed by atoms with E-state index in [0.717, 1.165) is 25.1 Å². The summed E-state index contributed by atoms with van der Waals surface area (Å²) in [6.45, 7) is 2.06. The molecule has 2 bridgehead atoms. The number of phenolic OH excluding ortho intramolecular Hbond substituents is 1.